The molecule has 36 heavy (non-hydrogen) atoms. The van der Waals surface area contributed by atoms with Crippen molar-refractivity contribution in [2.45, 2.75) is 12.2 Å². The van der Waals surface area contributed by atoms with Gasteiger partial charge in [0.15, 0.2) is 0 Å². The molecule has 1 fully saturated rings. The molecule has 2 unspecified atom stereocenters. The SMILES string of the molecule is Cn1nnc(-c2ccc(-c3ccc(N4CC(COCC(O)COP(=O)(O)O)OC4=O)cc3F)cn2)n1. The highest BCUT2D eigenvalue weighted by atomic mass is 31.2. The van der Waals surface area contributed by atoms with Gasteiger partial charge in [-0.15, -0.1) is 10.2 Å². The lowest BCUT2D eigenvalue weighted by Crippen LogP contribution is -2.28. The lowest BCUT2D eigenvalue weighted by molar-refractivity contribution is -0.0182. The highest BCUT2D eigenvalue weighted by Gasteiger charge is 2.33. The molecule has 0 aliphatic carbocycles. The molecule has 4 rings (SSSR count). The molecule has 1 aliphatic heterocycles. The van der Waals surface area contributed by atoms with Crippen molar-refractivity contribution in [2.75, 3.05) is 31.3 Å². The van der Waals surface area contributed by atoms with Gasteiger partial charge in [-0.2, -0.15) is 4.80 Å². The minimum atomic E-state index is -4.70. The Bertz CT molecular complexity index is 1270. The van der Waals surface area contributed by atoms with E-state index in [1.54, 1.807) is 25.2 Å². The van der Waals surface area contributed by atoms with Crippen molar-refractivity contribution in [3.8, 4) is 22.6 Å². The Labute approximate surface area is 203 Å². The predicted octanol–water partition coefficient (Wildman–Crippen LogP) is 0.890. The van der Waals surface area contributed by atoms with Crippen LogP contribution in [0, 0.1) is 5.82 Å². The van der Waals surface area contributed by atoms with E-state index in [4.69, 9.17) is 19.3 Å². The molecule has 1 aliphatic rings. The fourth-order valence-corrected chi connectivity index (χ4v) is 3.73. The second-order valence-corrected chi connectivity index (χ2v) is 9.03. The molecule has 16 heteroatoms. The molecule has 3 aromatic rings. The number of hydrogen-bond donors (Lipinski definition) is 3. The van der Waals surface area contributed by atoms with Gasteiger partial charge in [-0.3, -0.25) is 14.4 Å². The third kappa shape index (κ3) is 6.46. The normalized spacial score (nSPS) is 16.9. The monoisotopic (exact) mass is 524 g/mol. The van der Waals surface area contributed by atoms with Crippen molar-refractivity contribution in [3.05, 3.63) is 42.3 Å². The topological polar surface area (TPSA) is 182 Å². The number of aliphatic hydroxyl groups is 1. The summed E-state index contributed by atoms with van der Waals surface area (Å²) < 4.78 is 40.2. The molecule has 192 valence electrons. The number of nitrogens with zero attached hydrogens (tertiary/aromatic N) is 6. The molecule has 0 saturated carbocycles. The molecule has 14 nitrogen and oxygen atoms in total. The van der Waals surface area contributed by atoms with Gasteiger partial charge < -0.3 is 24.4 Å². The number of carbonyl (C=O) groups excluding carboxylic acids is 1. The van der Waals surface area contributed by atoms with Crippen molar-refractivity contribution in [1.82, 2.24) is 25.2 Å². The number of anilines is 1. The molecule has 1 saturated heterocycles. The fourth-order valence-electron chi connectivity index (χ4n) is 3.36. The van der Waals surface area contributed by atoms with Crippen LogP contribution in [0.1, 0.15) is 0 Å². The Morgan fingerprint density at radius 3 is 2.72 bits per heavy atom. The van der Waals surface area contributed by atoms with Crippen LogP contribution in [0.25, 0.3) is 22.6 Å². The number of ether oxygens (including phenoxy) is 2. The second kappa shape index (κ2) is 10.7. The van der Waals surface area contributed by atoms with Crippen LogP contribution in [0.2, 0.25) is 0 Å². The average Bonchev–Trinajstić information content (AvgIpc) is 3.42. The number of aliphatic hydroxyl groups excluding tert-OH is 1. The first kappa shape index (κ1) is 25.8. The fraction of sp³-hybridized carbons (Fsp3) is 0.350. The molecule has 3 heterocycles. The lowest BCUT2D eigenvalue weighted by atomic mass is 10.1. The maximum atomic E-state index is 14.9. The quantitative estimate of drug-likeness (QED) is 0.319. The van der Waals surface area contributed by atoms with E-state index < -0.39 is 38.5 Å². The van der Waals surface area contributed by atoms with Crippen molar-refractivity contribution in [1.29, 1.82) is 0 Å². The number of aromatic nitrogens is 5. The first-order chi connectivity index (χ1) is 17.1. The van der Waals surface area contributed by atoms with E-state index in [1.807, 2.05) is 0 Å². The third-order valence-electron chi connectivity index (χ3n) is 5.00. The number of amides is 1. The molecule has 2 aromatic heterocycles. The number of cyclic esters (lactones) is 1. The van der Waals surface area contributed by atoms with E-state index in [0.717, 1.165) is 0 Å². The first-order valence-corrected chi connectivity index (χ1v) is 12.1. The van der Waals surface area contributed by atoms with Crippen LogP contribution < -0.4 is 4.90 Å². The molecular weight excluding hydrogens is 502 g/mol. The van der Waals surface area contributed by atoms with Gasteiger partial charge in [0.1, 0.15) is 23.7 Å². The smallest absolute Gasteiger partial charge is 0.441 e. The summed E-state index contributed by atoms with van der Waals surface area (Å²) in [5.74, 6) is -0.227. The largest absolute Gasteiger partial charge is 0.469 e. The zero-order valence-electron chi connectivity index (χ0n) is 18.8. The van der Waals surface area contributed by atoms with Crippen LogP contribution >= 0.6 is 7.82 Å². The van der Waals surface area contributed by atoms with Crippen LogP contribution in [0.5, 0.6) is 0 Å². The molecule has 1 aromatic carbocycles. The minimum Gasteiger partial charge on any atom is -0.441 e. The summed E-state index contributed by atoms with van der Waals surface area (Å²) >= 11 is 0. The van der Waals surface area contributed by atoms with Crippen molar-refractivity contribution >= 4 is 19.6 Å². The molecule has 0 radical (unpaired) electrons. The number of benzene rings is 1. The Morgan fingerprint density at radius 2 is 2.08 bits per heavy atom. The van der Waals surface area contributed by atoms with Gasteiger partial charge in [0.05, 0.1) is 39.1 Å². The summed E-state index contributed by atoms with van der Waals surface area (Å²) in [5, 5.41) is 21.3. The van der Waals surface area contributed by atoms with Crippen LogP contribution in [0.15, 0.2) is 36.5 Å². The van der Waals surface area contributed by atoms with Crippen molar-refractivity contribution < 1.29 is 42.6 Å². The van der Waals surface area contributed by atoms with Gasteiger partial charge in [-0.25, -0.2) is 13.8 Å². The van der Waals surface area contributed by atoms with E-state index in [1.165, 1.54) is 28.0 Å². The summed E-state index contributed by atoms with van der Waals surface area (Å²) in [7, 11) is -3.07. The Balaban J connectivity index is 1.34. The Morgan fingerprint density at radius 1 is 1.28 bits per heavy atom. The van der Waals surface area contributed by atoms with Crippen LogP contribution in [0.4, 0.5) is 14.9 Å². The molecule has 2 atom stereocenters. The van der Waals surface area contributed by atoms with Gasteiger partial charge in [0.2, 0.25) is 5.82 Å². The first-order valence-electron chi connectivity index (χ1n) is 10.5. The predicted molar refractivity (Wildman–Crippen MR) is 120 cm³/mol. The summed E-state index contributed by atoms with van der Waals surface area (Å²) in [5.41, 5.74) is 1.57. The summed E-state index contributed by atoms with van der Waals surface area (Å²) in [4.78, 5) is 36.3. The maximum Gasteiger partial charge on any atom is 0.469 e. The molecule has 1 amide bonds. The van der Waals surface area contributed by atoms with Gasteiger partial charge in [0, 0.05) is 17.3 Å². The number of halogens is 1. The Kier molecular flexibility index (Phi) is 7.68. The molecule has 3 N–H and O–H groups in total. The number of pyridine rings is 1. The minimum absolute atomic E-state index is 0.0774. The summed E-state index contributed by atoms with van der Waals surface area (Å²) in [6, 6.07) is 7.63. The van der Waals surface area contributed by atoms with Gasteiger partial charge in [-0.1, -0.05) is 6.07 Å². The number of phosphoric ester groups is 1. The number of phosphoric acid groups is 1. The third-order valence-corrected chi connectivity index (χ3v) is 5.48. The second-order valence-electron chi connectivity index (χ2n) is 7.79. The van der Waals surface area contributed by atoms with E-state index in [2.05, 4.69) is 24.9 Å². The van der Waals surface area contributed by atoms with E-state index >= 15 is 0 Å². The van der Waals surface area contributed by atoms with Crippen molar-refractivity contribution in [2.24, 2.45) is 7.05 Å². The summed E-state index contributed by atoms with van der Waals surface area (Å²) in [6.07, 6.45) is -1.18. The van der Waals surface area contributed by atoms with E-state index in [-0.39, 0.29) is 31.0 Å². The van der Waals surface area contributed by atoms with Crippen LogP contribution in [0.3, 0.4) is 0 Å². The van der Waals surface area contributed by atoms with E-state index in [9.17, 15) is 18.9 Å². The van der Waals surface area contributed by atoms with Gasteiger partial charge in [-0.05, 0) is 29.5 Å². The van der Waals surface area contributed by atoms with Gasteiger partial charge in [0.25, 0.3) is 0 Å². The van der Waals surface area contributed by atoms with Crippen molar-refractivity contribution in [3.63, 3.8) is 0 Å². The molecule has 0 spiro atoms. The maximum absolute atomic E-state index is 14.9. The standard InChI is InChI=1S/C20H22FN6O8P/c1-26-24-19(23-25-26)18-5-2-12(7-22-18)16-4-3-13(6-17(16)21)27-8-15(35-20(27)29)11-33-9-14(28)10-34-36(30,31)32/h2-7,14-15,28H,8-11H2,1H3,(H2,30,31,32). The highest BCUT2D eigenvalue weighted by Crippen LogP contribution is 2.35. The zero-order chi connectivity index (χ0) is 25.9. The number of tetrazole rings is 1. The summed E-state index contributed by atoms with van der Waals surface area (Å²) in [6.45, 7) is -0.929. The number of hydrogen-bond acceptors (Lipinski definition) is 10. The number of carbonyl (C=O) groups is 1. The number of aryl methyl sites for hydroxylation is 1. The molecular formula is C20H22FN6O8P. The van der Waals surface area contributed by atoms with Crippen LogP contribution in [-0.4, -0.2) is 84.8 Å². The Hall–Kier alpha value is -3.33. The average molecular weight is 524 g/mol. The highest BCUT2D eigenvalue weighted by molar-refractivity contribution is 7.46. The van der Waals surface area contributed by atoms with Crippen LogP contribution in [-0.2, 0) is 25.6 Å². The van der Waals surface area contributed by atoms with E-state index in [0.29, 0.717) is 17.1 Å². The zero-order valence-corrected chi connectivity index (χ0v) is 19.7. The lowest BCUT2D eigenvalue weighted by Gasteiger charge is -2.15. The number of rotatable bonds is 10. The van der Waals surface area contributed by atoms with Gasteiger partial charge >= 0.3 is 13.9 Å². The molecule has 0 bridgehead atoms.